The normalized spacial score (nSPS) is 18.3. The molecule has 0 aromatic carbocycles. The molecule has 0 saturated carbocycles. The number of nitrogens with zero attached hydrogens (tertiary/aromatic N) is 1. The van der Waals surface area contributed by atoms with Crippen molar-refractivity contribution in [2.24, 2.45) is 5.41 Å². The maximum absolute atomic E-state index is 5.58. The lowest BCUT2D eigenvalue weighted by molar-refractivity contribution is -0.00152. The van der Waals surface area contributed by atoms with Crippen LogP contribution in [0.15, 0.2) is 15.2 Å². The standard InChI is InChI=1S/C16H27BrN2OS/c1-3-6-18-12-16(4-7-20-8-5-16)13-19(2)10-14-9-15(17)21-11-14/h9,11,18H,3-8,10,12-13H2,1-2H3. The second-order valence-corrected chi connectivity index (χ2v) is 8.51. The fourth-order valence-corrected chi connectivity index (χ4v) is 4.29. The number of halogens is 1. The van der Waals surface area contributed by atoms with Crippen LogP contribution in [0.2, 0.25) is 0 Å². The van der Waals surface area contributed by atoms with Gasteiger partial charge in [-0.1, -0.05) is 6.92 Å². The Morgan fingerprint density at radius 3 is 2.81 bits per heavy atom. The number of ether oxygens (including phenoxy) is 1. The lowest BCUT2D eigenvalue weighted by atomic mass is 9.79. The van der Waals surface area contributed by atoms with E-state index in [0.717, 1.165) is 39.4 Å². The van der Waals surface area contributed by atoms with Gasteiger partial charge in [-0.05, 0) is 71.2 Å². The van der Waals surface area contributed by atoms with Gasteiger partial charge in [-0.15, -0.1) is 11.3 Å². The summed E-state index contributed by atoms with van der Waals surface area (Å²) in [4.78, 5) is 2.47. The van der Waals surface area contributed by atoms with Gasteiger partial charge < -0.3 is 15.0 Å². The summed E-state index contributed by atoms with van der Waals surface area (Å²) in [5.41, 5.74) is 1.77. The summed E-state index contributed by atoms with van der Waals surface area (Å²) in [7, 11) is 2.24. The molecule has 0 atom stereocenters. The molecule has 0 aliphatic carbocycles. The molecule has 5 heteroatoms. The molecule has 3 nitrogen and oxygen atoms in total. The molecule has 0 unspecified atom stereocenters. The average molecular weight is 375 g/mol. The third kappa shape index (κ3) is 5.64. The van der Waals surface area contributed by atoms with Crippen LogP contribution in [0.1, 0.15) is 31.7 Å². The van der Waals surface area contributed by atoms with Crippen LogP contribution >= 0.6 is 27.3 Å². The Labute approximate surface area is 141 Å². The van der Waals surface area contributed by atoms with E-state index in [1.807, 2.05) is 0 Å². The van der Waals surface area contributed by atoms with Crippen molar-refractivity contribution in [1.82, 2.24) is 10.2 Å². The van der Waals surface area contributed by atoms with Crippen molar-refractivity contribution in [2.45, 2.75) is 32.7 Å². The van der Waals surface area contributed by atoms with Crippen LogP contribution in [0.3, 0.4) is 0 Å². The van der Waals surface area contributed by atoms with E-state index in [2.05, 4.69) is 51.6 Å². The van der Waals surface area contributed by atoms with Gasteiger partial charge in [0.05, 0.1) is 3.79 Å². The predicted octanol–water partition coefficient (Wildman–Crippen LogP) is 3.74. The van der Waals surface area contributed by atoms with Gasteiger partial charge in [-0.3, -0.25) is 0 Å². The summed E-state index contributed by atoms with van der Waals surface area (Å²) in [5.74, 6) is 0. The smallest absolute Gasteiger partial charge is 0.0701 e. The van der Waals surface area contributed by atoms with Gasteiger partial charge in [0.2, 0.25) is 0 Å². The molecule has 1 aliphatic rings. The monoisotopic (exact) mass is 374 g/mol. The number of hydrogen-bond donors (Lipinski definition) is 1. The summed E-state index contributed by atoms with van der Waals surface area (Å²) in [6.45, 7) is 8.44. The molecule has 0 amide bonds. The third-order valence-corrected chi connectivity index (χ3v) is 5.71. The third-order valence-electron chi connectivity index (χ3n) is 4.16. The van der Waals surface area contributed by atoms with Crippen molar-refractivity contribution < 1.29 is 4.74 Å². The largest absolute Gasteiger partial charge is 0.381 e. The Morgan fingerprint density at radius 2 is 2.19 bits per heavy atom. The average Bonchev–Trinajstić information content (AvgIpc) is 2.85. The molecule has 1 aliphatic heterocycles. The molecule has 2 heterocycles. The number of hydrogen-bond acceptors (Lipinski definition) is 4. The first-order valence-electron chi connectivity index (χ1n) is 7.83. The molecule has 0 bridgehead atoms. The zero-order valence-electron chi connectivity index (χ0n) is 13.2. The Kier molecular flexibility index (Phi) is 7.16. The molecule has 1 aromatic heterocycles. The summed E-state index contributed by atoms with van der Waals surface area (Å²) in [6.07, 6.45) is 3.54. The van der Waals surface area contributed by atoms with Gasteiger partial charge in [0.15, 0.2) is 0 Å². The van der Waals surface area contributed by atoms with Crippen LogP contribution in [0.5, 0.6) is 0 Å². The molecule has 1 fully saturated rings. The second-order valence-electron chi connectivity index (χ2n) is 6.22. The Morgan fingerprint density at radius 1 is 1.43 bits per heavy atom. The molecule has 1 saturated heterocycles. The van der Waals surface area contributed by atoms with E-state index in [1.165, 1.54) is 28.6 Å². The topological polar surface area (TPSA) is 24.5 Å². The molecule has 0 spiro atoms. The lowest BCUT2D eigenvalue weighted by Crippen LogP contribution is -2.46. The van der Waals surface area contributed by atoms with Gasteiger partial charge in [-0.25, -0.2) is 0 Å². The molecular formula is C16H27BrN2OS. The van der Waals surface area contributed by atoms with E-state index in [0.29, 0.717) is 5.41 Å². The minimum atomic E-state index is 0.370. The highest BCUT2D eigenvalue weighted by molar-refractivity contribution is 9.11. The fourth-order valence-electron chi connectivity index (χ4n) is 3.09. The van der Waals surface area contributed by atoms with E-state index < -0.39 is 0 Å². The summed E-state index contributed by atoms with van der Waals surface area (Å²) in [6, 6.07) is 2.23. The van der Waals surface area contributed by atoms with E-state index in [-0.39, 0.29) is 0 Å². The van der Waals surface area contributed by atoms with Crippen molar-refractivity contribution >= 4 is 27.3 Å². The highest BCUT2D eigenvalue weighted by Gasteiger charge is 2.33. The van der Waals surface area contributed by atoms with Crippen LogP contribution in [-0.2, 0) is 11.3 Å². The fraction of sp³-hybridized carbons (Fsp3) is 0.750. The first kappa shape index (κ1) is 17.4. The molecule has 2 rings (SSSR count). The van der Waals surface area contributed by atoms with Crippen molar-refractivity contribution in [1.29, 1.82) is 0 Å². The van der Waals surface area contributed by atoms with E-state index in [1.54, 1.807) is 11.3 Å². The predicted molar refractivity (Wildman–Crippen MR) is 94.0 cm³/mol. The van der Waals surface area contributed by atoms with Gasteiger partial charge in [-0.2, -0.15) is 0 Å². The molecule has 120 valence electrons. The minimum Gasteiger partial charge on any atom is -0.381 e. The number of nitrogens with one attached hydrogen (secondary N) is 1. The lowest BCUT2D eigenvalue weighted by Gasteiger charge is -2.40. The summed E-state index contributed by atoms with van der Waals surface area (Å²) in [5, 5.41) is 5.87. The van der Waals surface area contributed by atoms with E-state index in [9.17, 15) is 0 Å². The highest BCUT2D eigenvalue weighted by atomic mass is 79.9. The second kappa shape index (κ2) is 8.63. The summed E-state index contributed by atoms with van der Waals surface area (Å²) >= 11 is 5.31. The van der Waals surface area contributed by atoms with E-state index >= 15 is 0 Å². The number of rotatable bonds is 8. The van der Waals surface area contributed by atoms with Crippen molar-refractivity contribution in [2.75, 3.05) is 39.9 Å². The maximum Gasteiger partial charge on any atom is 0.0701 e. The van der Waals surface area contributed by atoms with Crippen LogP contribution in [0.25, 0.3) is 0 Å². The van der Waals surface area contributed by atoms with Crippen LogP contribution < -0.4 is 5.32 Å². The van der Waals surface area contributed by atoms with Crippen LogP contribution in [0.4, 0.5) is 0 Å². The zero-order valence-corrected chi connectivity index (χ0v) is 15.6. The first-order chi connectivity index (χ1) is 10.1. The van der Waals surface area contributed by atoms with Crippen LogP contribution in [0, 0.1) is 5.41 Å². The van der Waals surface area contributed by atoms with Gasteiger partial charge in [0.25, 0.3) is 0 Å². The Balaban J connectivity index is 1.90. The minimum absolute atomic E-state index is 0.370. The van der Waals surface area contributed by atoms with E-state index in [4.69, 9.17) is 4.74 Å². The molecule has 1 aromatic rings. The SMILES string of the molecule is CCCNCC1(CN(C)Cc2csc(Br)c2)CCOCC1. The first-order valence-corrected chi connectivity index (χ1v) is 9.51. The van der Waals surface area contributed by atoms with Gasteiger partial charge in [0, 0.05) is 32.8 Å². The van der Waals surface area contributed by atoms with Gasteiger partial charge >= 0.3 is 0 Å². The Bertz CT molecular complexity index is 418. The highest BCUT2D eigenvalue weighted by Crippen LogP contribution is 2.31. The zero-order chi connectivity index (χ0) is 15.1. The quantitative estimate of drug-likeness (QED) is 0.701. The van der Waals surface area contributed by atoms with Crippen molar-refractivity contribution in [3.8, 4) is 0 Å². The van der Waals surface area contributed by atoms with Crippen molar-refractivity contribution in [3.63, 3.8) is 0 Å². The van der Waals surface area contributed by atoms with Crippen molar-refractivity contribution in [3.05, 3.63) is 20.8 Å². The molecule has 1 N–H and O–H groups in total. The Hall–Kier alpha value is 0.0600. The molecule has 0 radical (unpaired) electrons. The molecular weight excluding hydrogens is 348 g/mol. The molecule has 21 heavy (non-hydrogen) atoms. The number of thiophene rings is 1. The maximum atomic E-state index is 5.58. The van der Waals surface area contributed by atoms with Gasteiger partial charge in [0.1, 0.15) is 0 Å². The van der Waals surface area contributed by atoms with Crippen LogP contribution in [-0.4, -0.2) is 44.8 Å². The summed E-state index contributed by atoms with van der Waals surface area (Å²) < 4.78 is 6.80.